The summed E-state index contributed by atoms with van der Waals surface area (Å²) < 4.78 is 12.6. The SMILES string of the molecule is COCCN1CCO[C@H]2CN(C(=O)c3ccn(C)n3)C[C@H]21. The van der Waals surface area contributed by atoms with Gasteiger partial charge in [-0.3, -0.25) is 14.4 Å². The molecule has 1 aromatic rings. The van der Waals surface area contributed by atoms with Crippen LogP contribution in [0.1, 0.15) is 10.5 Å². The molecule has 116 valence electrons. The molecule has 2 atom stereocenters. The number of hydrogen-bond acceptors (Lipinski definition) is 5. The molecule has 3 rings (SSSR count). The molecular formula is C14H22N4O3. The Morgan fingerprint density at radius 3 is 3.10 bits per heavy atom. The highest BCUT2D eigenvalue weighted by atomic mass is 16.5. The van der Waals surface area contributed by atoms with E-state index in [0.717, 1.165) is 19.7 Å². The van der Waals surface area contributed by atoms with Crippen molar-refractivity contribution in [2.24, 2.45) is 7.05 Å². The fourth-order valence-corrected chi connectivity index (χ4v) is 3.10. The number of morpholine rings is 1. The smallest absolute Gasteiger partial charge is 0.274 e. The summed E-state index contributed by atoms with van der Waals surface area (Å²) in [5.74, 6) is -0.0136. The van der Waals surface area contributed by atoms with E-state index in [1.54, 1.807) is 24.1 Å². The number of likely N-dealkylation sites (tertiary alicyclic amines) is 1. The predicted octanol–water partition coefficient (Wildman–Crippen LogP) is -0.408. The van der Waals surface area contributed by atoms with Gasteiger partial charge in [0.1, 0.15) is 5.69 Å². The maximum atomic E-state index is 12.5. The Labute approximate surface area is 124 Å². The number of rotatable bonds is 4. The molecule has 0 aromatic carbocycles. The number of nitrogens with zero attached hydrogens (tertiary/aromatic N) is 4. The first kappa shape index (κ1) is 14.5. The number of carbonyl (C=O) groups excluding carboxylic acids is 1. The molecule has 1 aromatic heterocycles. The average molecular weight is 294 g/mol. The zero-order valence-corrected chi connectivity index (χ0v) is 12.6. The van der Waals surface area contributed by atoms with E-state index in [4.69, 9.17) is 9.47 Å². The number of aromatic nitrogens is 2. The van der Waals surface area contributed by atoms with Crippen molar-refractivity contribution in [3.63, 3.8) is 0 Å². The van der Waals surface area contributed by atoms with Crippen LogP contribution in [0.15, 0.2) is 12.3 Å². The first-order valence-corrected chi connectivity index (χ1v) is 7.32. The summed E-state index contributed by atoms with van der Waals surface area (Å²) in [6, 6.07) is 2.02. The average Bonchev–Trinajstić information content (AvgIpc) is 3.10. The minimum Gasteiger partial charge on any atom is -0.383 e. The van der Waals surface area contributed by atoms with Crippen molar-refractivity contribution in [1.29, 1.82) is 0 Å². The Morgan fingerprint density at radius 1 is 1.52 bits per heavy atom. The third kappa shape index (κ3) is 2.95. The molecule has 1 amide bonds. The molecule has 0 saturated carbocycles. The highest BCUT2D eigenvalue weighted by Crippen LogP contribution is 2.23. The summed E-state index contributed by atoms with van der Waals surface area (Å²) in [5.41, 5.74) is 0.500. The molecular weight excluding hydrogens is 272 g/mol. The lowest BCUT2D eigenvalue weighted by molar-refractivity contribution is -0.0526. The van der Waals surface area contributed by atoms with Crippen LogP contribution in [0.2, 0.25) is 0 Å². The van der Waals surface area contributed by atoms with Gasteiger partial charge in [0.05, 0.1) is 25.4 Å². The van der Waals surface area contributed by atoms with Crippen LogP contribution in [0, 0.1) is 0 Å². The highest BCUT2D eigenvalue weighted by molar-refractivity contribution is 5.92. The predicted molar refractivity (Wildman–Crippen MR) is 76.1 cm³/mol. The second-order valence-corrected chi connectivity index (χ2v) is 5.59. The van der Waals surface area contributed by atoms with Gasteiger partial charge in [0.15, 0.2) is 0 Å². The summed E-state index contributed by atoms with van der Waals surface area (Å²) in [4.78, 5) is 16.7. The first-order valence-electron chi connectivity index (χ1n) is 7.32. The second-order valence-electron chi connectivity index (χ2n) is 5.59. The maximum absolute atomic E-state index is 12.5. The van der Waals surface area contributed by atoms with Gasteiger partial charge in [-0.15, -0.1) is 0 Å². The molecule has 0 radical (unpaired) electrons. The molecule has 0 spiro atoms. The van der Waals surface area contributed by atoms with Crippen molar-refractivity contribution in [2.45, 2.75) is 12.1 Å². The Hall–Kier alpha value is -1.44. The summed E-state index contributed by atoms with van der Waals surface area (Å²) in [6.45, 7) is 4.55. The largest absolute Gasteiger partial charge is 0.383 e. The van der Waals surface area contributed by atoms with Crippen LogP contribution >= 0.6 is 0 Å². The monoisotopic (exact) mass is 294 g/mol. The van der Waals surface area contributed by atoms with Gasteiger partial charge in [0.2, 0.25) is 0 Å². The van der Waals surface area contributed by atoms with Crippen molar-refractivity contribution >= 4 is 5.91 Å². The Morgan fingerprint density at radius 2 is 2.38 bits per heavy atom. The number of hydrogen-bond donors (Lipinski definition) is 0. The normalized spacial score (nSPS) is 26.1. The summed E-state index contributed by atoms with van der Waals surface area (Å²) in [7, 11) is 3.53. The molecule has 7 heteroatoms. The minimum atomic E-state index is -0.0136. The molecule has 2 aliphatic rings. The number of carbonyl (C=O) groups is 1. The second kappa shape index (κ2) is 6.13. The van der Waals surface area contributed by atoms with Gasteiger partial charge < -0.3 is 14.4 Å². The van der Waals surface area contributed by atoms with E-state index in [-0.39, 0.29) is 18.1 Å². The molecule has 0 N–H and O–H groups in total. The fraction of sp³-hybridized carbons (Fsp3) is 0.714. The standard InChI is InChI=1S/C14H22N4O3/c1-16-4-3-11(15-16)14(19)18-9-12-13(10-18)21-8-6-17(12)5-7-20-2/h3-4,12-13H,5-10H2,1-2H3/t12-,13+/m1/s1. The van der Waals surface area contributed by atoms with Crippen molar-refractivity contribution < 1.29 is 14.3 Å². The minimum absolute atomic E-state index is 0.0136. The lowest BCUT2D eigenvalue weighted by Gasteiger charge is -2.36. The van der Waals surface area contributed by atoms with E-state index in [1.165, 1.54) is 0 Å². The topological polar surface area (TPSA) is 59.8 Å². The molecule has 0 aliphatic carbocycles. The van der Waals surface area contributed by atoms with Crippen LogP contribution in [0.4, 0.5) is 0 Å². The Balaban J connectivity index is 1.66. The van der Waals surface area contributed by atoms with E-state index in [1.807, 2.05) is 11.9 Å². The molecule has 21 heavy (non-hydrogen) atoms. The number of ether oxygens (including phenoxy) is 2. The first-order chi connectivity index (χ1) is 10.2. The number of methoxy groups -OCH3 is 1. The zero-order valence-electron chi connectivity index (χ0n) is 12.6. The van der Waals surface area contributed by atoms with Crippen LogP contribution < -0.4 is 0 Å². The highest BCUT2D eigenvalue weighted by Gasteiger charge is 2.42. The van der Waals surface area contributed by atoms with Gasteiger partial charge in [0.25, 0.3) is 5.91 Å². The van der Waals surface area contributed by atoms with Crippen LogP contribution in [-0.2, 0) is 16.5 Å². The van der Waals surface area contributed by atoms with Gasteiger partial charge in [0, 0.05) is 46.5 Å². The van der Waals surface area contributed by atoms with Crippen LogP contribution in [0.3, 0.4) is 0 Å². The van der Waals surface area contributed by atoms with Crippen LogP contribution in [0.25, 0.3) is 0 Å². The third-order valence-electron chi connectivity index (χ3n) is 4.22. The number of aryl methyl sites for hydroxylation is 1. The molecule has 0 unspecified atom stereocenters. The van der Waals surface area contributed by atoms with Gasteiger partial charge in [-0.2, -0.15) is 5.10 Å². The van der Waals surface area contributed by atoms with Gasteiger partial charge in [-0.05, 0) is 6.07 Å². The van der Waals surface area contributed by atoms with Crippen molar-refractivity contribution in [3.05, 3.63) is 18.0 Å². The van der Waals surface area contributed by atoms with E-state index in [9.17, 15) is 4.79 Å². The van der Waals surface area contributed by atoms with E-state index >= 15 is 0 Å². The van der Waals surface area contributed by atoms with Crippen molar-refractivity contribution in [1.82, 2.24) is 19.6 Å². The fourth-order valence-electron chi connectivity index (χ4n) is 3.10. The lowest BCUT2D eigenvalue weighted by atomic mass is 10.1. The Bertz CT molecular complexity index is 504. The van der Waals surface area contributed by atoms with E-state index < -0.39 is 0 Å². The van der Waals surface area contributed by atoms with Crippen LogP contribution in [0.5, 0.6) is 0 Å². The van der Waals surface area contributed by atoms with Gasteiger partial charge >= 0.3 is 0 Å². The molecule has 0 bridgehead atoms. The van der Waals surface area contributed by atoms with Gasteiger partial charge in [-0.25, -0.2) is 0 Å². The molecule has 2 fully saturated rings. The van der Waals surface area contributed by atoms with Crippen LogP contribution in [-0.4, -0.2) is 84.1 Å². The summed E-state index contributed by atoms with van der Waals surface area (Å²) >= 11 is 0. The quantitative estimate of drug-likeness (QED) is 0.756. The van der Waals surface area contributed by atoms with Crippen molar-refractivity contribution in [3.8, 4) is 0 Å². The van der Waals surface area contributed by atoms with E-state index in [2.05, 4.69) is 10.00 Å². The Kier molecular flexibility index (Phi) is 4.23. The van der Waals surface area contributed by atoms with Gasteiger partial charge in [-0.1, -0.05) is 0 Å². The summed E-state index contributed by atoms with van der Waals surface area (Å²) in [6.07, 6.45) is 1.89. The number of fused-ring (bicyclic) bond motifs is 1. The van der Waals surface area contributed by atoms with E-state index in [0.29, 0.717) is 25.4 Å². The maximum Gasteiger partial charge on any atom is 0.274 e. The lowest BCUT2D eigenvalue weighted by Crippen LogP contribution is -2.51. The van der Waals surface area contributed by atoms with Crippen molar-refractivity contribution in [2.75, 3.05) is 46.5 Å². The third-order valence-corrected chi connectivity index (χ3v) is 4.22. The summed E-state index contributed by atoms with van der Waals surface area (Å²) in [5, 5.41) is 4.19. The molecule has 2 saturated heterocycles. The molecule has 2 aliphatic heterocycles. The molecule has 3 heterocycles. The zero-order chi connectivity index (χ0) is 14.8. The molecule has 7 nitrogen and oxygen atoms in total. The number of amides is 1.